The first-order valence-electron chi connectivity index (χ1n) is 4.28. The molecule has 1 rings (SSSR count). The van der Waals surface area contributed by atoms with Gasteiger partial charge in [0.15, 0.2) is 0 Å². The molecule has 100 valence electrons. The highest BCUT2D eigenvalue weighted by Crippen LogP contribution is 1.92. The third-order valence-electron chi connectivity index (χ3n) is 1.21. The Bertz CT molecular complexity index is 475. The summed E-state index contributed by atoms with van der Waals surface area (Å²) in [5.74, 6) is 1.09. The lowest BCUT2D eigenvalue weighted by Crippen LogP contribution is -2.10. The molecule has 0 bridgehead atoms. The van der Waals surface area contributed by atoms with E-state index in [1.807, 2.05) is 6.20 Å². The molecule has 0 radical (unpaired) electrons. The second-order valence-corrected chi connectivity index (χ2v) is 4.96. The van der Waals surface area contributed by atoms with Crippen LogP contribution < -0.4 is 0 Å². The molecular weight excluding hydrogens is 276 g/mol. The van der Waals surface area contributed by atoms with Gasteiger partial charge in [0.25, 0.3) is 0 Å². The van der Waals surface area contributed by atoms with Crippen LogP contribution in [0.3, 0.4) is 0 Å². The van der Waals surface area contributed by atoms with E-state index < -0.39 is 20.8 Å². The summed E-state index contributed by atoms with van der Waals surface area (Å²) < 4.78 is 55.6. The van der Waals surface area contributed by atoms with Gasteiger partial charge in [-0.1, -0.05) is 6.92 Å². The number of H-pyrrole nitrogens is 1. The maximum absolute atomic E-state index is 9.44. The zero-order valence-electron chi connectivity index (χ0n) is 8.77. The summed E-state index contributed by atoms with van der Waals surface area (Å²) in [7, 11) is -10.2. The van der Waals surface area contributed by atoms with E-state index in [4.69, 9.17) is 9.11 Å². The number of aryl methyl sites for hydroxylation is 1. The van der Waals surface area contributed by atoms with Crippen molar-refractivity contribution in [3.05, 3.63) is 18.2 Å². The second-order valence-electron chi connectivity index (χ2n) is 2.71. The van der Waals surface area contributed by atoms with Gasteiger partial charge in [0.2, 0.25) is 0 Å². The molecule has 3 N–H and O–H groups in total. The van der Waals surface area contributed by atoms with Gasteiger partial charge in [0.1, 0.15) is 5.82 Å². The molecule has 0 fully saturated rings. The molecule has 0 aliphatic heterocycles. The largest absolute Gasteiger partial charge is 0.413 e. The predicted octanol–water partition coefficient (Wildman–Crippen LogP) is -0.0292. The predicted molar refractivity (Wildman–Crippen MR) is 56.8 cm³/mol. The Kier molecular flexibility index (Phi) is 6.26. The van der Waals surface area contributed by atoms with Crippen molar-refractivity contribution in [2.45, 2.75) is 19.8 Å². The third kappa shape index (κ3) is 11.3. The summed E-state index contributed by atoms with van der Waals surface area (Å²) >= 11 is 0. The highest BCUT2D eigenvalue weighted by molar-refractivity contribution is 7.94. The van der Waals surface area contributed by atoms with Crippen LogP contribution in [0.4, 0.5) is 0 Å². The standard InChI is InChI=1S/C6H10N2.H2O7S2/c1-2-3-6-7-4-5-8-6;1-8(2,3)7-9(4,5)6/h4-5H,2-3H2,1H3,(H,7,8);(H,1,2,3)(H,4,5,6). The average Bonchev–Trinajstić information content (AvgIpc) is 2.51. The van der Waals surface area contributed by atoms with Crippen molar-refractivity contribution in [1.82, 2.24) is 9.97 Å². The molecule has 0 aromatic carbocycles. The Morgan fingerprint density at radius 3 is 2.06 bits per heavy atom. The molecule has 0 spiro atoms. The summed E-state index contributed by atoms with van der Waals surface area (Å²) in [6.45, 7) is 2.14. The molecule has 0 aliphatic rings. The van der Waals surface area contributed by atoms with Crippen LogP contribution in [0.2, 0.25) is 0 Å². The van der Waals surface area contributed by atoms with Crippen LogP contribution in [0.15, 0.2) is 12.4 Å². The third-order valence-corrected chi connectivity index (χ3v) is 2.59. The fourth-order valence-corrected chi connectivity index (χ4v) is 1.65. The van der Waals surface area contributed by atoms with Gasteiger partial charge in [-0.05, 0) is 6.42 Å². The maximum atomic E-state index is 9.44. The lowest BCUT2D eigenvalue weighted by Gasteiger charge is -1.89. The molecule has 1 aromatic rings. The average molecular weight is 288 g/mol. The lowest BCUT2D eigenvalue weighted by atomic mass is 10.3. The van der Waals surface area contributed by atoms with Crippen molar-refractivity contribution in [2.24, 2.45) is 0 Å². The van der Waals surface area contributed by atoms with E-state index in [1.165, 1.54) is 0 Å². The Balaban J connectivity index is 0.000000302. The first-order valence-corrected chi connectivity index (χ1v) is 7.01. The van der Waals surface area contributed by atoms with Gasteiger partial charge in [-0.3, -0.25) is 9.11 Å². The lowest BCUT2D eigenvalue weighted by molar-refractivity contribution is 0.344. The van der Waals surface area contributed by atoms with E-state index in [0.29, 0.717) is 0 Å². The van der Waals surface area contributed by atoms with Gasteiger partial charge >= 0.3 is 20.8 Å². The first-order chi connectivity index (χ1) is 7.64. The van der Waals surface area contributed by atoms with Gasteiger partial charge in [-0.2, -0.15) is 16.8 Å². The van der Waals surface area contributed by atoms with Gasteiger partial charge in [-0.25, -0.2) is 4.98 Å². The van der Waals surface area contributed by atoms with Crippen LogP contribution >= 0.6 is 0 Å². The summed E-state index contributed by atoms with van der Waals surface area (Å²) in [5, 5.41) is 0. The van der Waals surface area contributed by atoms with Crippen LogP contribution in [-0.2, 0) is 30.8 Å². The molecular formula is C6H12N2O7S2. The monoisotopic (exact) mass is 288 g/mol. The fraction of sp³-hybridized carbons (Fsp3) is 0.500. The summed E-state index contributed by atoms with van der Waals surface area (Å²) in [5.41, 5.74) is 0. The molecule has 11 heteroatoms. The zero-order valence-corrected chi connectivity index (χ0v) is 10.4. The van der Waals surface area contributed by atoms with Crippen LogP contribution in [0.25, 0.3) is 0 Å². The first kappa shape index (κ1) is 16.0. The van der Waals surface area contributed by atoms with Crippen molar-refractivity contribution in [3.8, 4) is 0 Å². The molecule has 0 saturated carbocycles. The van der Waals surface area contributed by atoms with Crippen molar-refractivity contribution in [1.29, 1.82) is 0 Å². The van der Waals surface area contributed by atoms with E-state index in [-0.39, 0.29) is 0 Å². The summed E-state index contributed by atoms with van der Waals surface area (Å²) in [6, 6.07) is 0. The van der Waals surface area contributed by atoms with Gasteiger partial charge in [-0.15, -0.1) is 3.63 Å². The van der Waals surface area contributed by atoms with Crippen molar-refractivity contribution in [3.63, 3.8) is 0 Å². The molecule has 0 unspecified atom stereocenters. The smallest absolute Gasteiger partial charge is 0.349 e. The second kappa shape index (κ2) is 6.66. The number of hydrogen-bond acceptors (Lipinski definition) is 6. The molecule has 0 amide bonds. The van der Waals surface area contributed by atoms with Crippen LogP contribution in [0.5, 0.6) is 0 Å². The maximum Gasteiger partial charge on any atom is 0.413 e. The molecule has 0 aliphatic carbocycles. The molecule has 17 heavy (non-hydrogen) atoms. The highest BCUT2D eigenvalue weighted by Gasteiger charge is 2.15. The Hall–Kier alpha value is -1.01. The number of aromatic nitrogens is 2. The number of imidazole rings is 1. The molecule has 9 nitrogen and oxygen atoms in total. The van der Waals surface area contributed by atoms with Gasteiger partial charge in [0.05, 0.1) is 0 Å². The summed E-state index contributed by atoms with van der Waals surface area (Å²) in [6.07, 6.45) is 5.86. The minimum Gasteiger partial charge on any atom is -0.349 e. The molecule has 1 heterocycles. The Morgan fingerprint density at radius 1 is 1.29 bits per heavy atom. The van der Waals surface area contributed by atoms with Crippen LogP contribution in [0.1, 0.15) is 19.2 Å². The van der Waals surface area contributed by atoms with Crippen LogP contribution in [-0.4, -0.2) is 35.9 Å². The Labute approximate surface area is 98.7 Å². The van der Waals surface area contributed by atoms with E-state index >= 15 is 0 Å². The van der Waals surface area contributed by atoms with Crippen molar-refractivity contribution < 1.29 is 29.6 Å². The molecule has 0 atom stereocenters. The number of rotatable bonds is 4. The number of aromatic amines is 1. The fourth-order valence-electron chi connectivity index (χ4n) is 0.780. The van der Waals surface area contributed by atoms with Crippen molar-refractivity contribution in [2.75, 3.05) is 0 Å². The number of hydrogen-bond donors (Lipinski definition) is 3. The van der Waals surface area contributed by atoms with Crippen LogP contribution in [0, 0.1) is 0 Å². The quantitative estimate of drug-likeness (QED) is 0.654. The van der Waals surface area contributed by atoms with Gasteiger partial charge in [0, 0.05) is 18.8 Å². The van der Waals surface area contributed by atoms with E-state index in [2.05, 4.69) is 20.5 Å². The summed E-state index contributed by atoms with van der Waals surface area (Å²) in [4.78, 5) is 7.08. The number of nitrogens with zero attached hydrogens (tertiary/aromatic N) is 1. The highest BCUT2D eigenvalue weighted by atomic mass is 32.3. The van der Waals surface area contributed by atoms with Gasteiger partial charge < -0.3 is 4.98 Å². The van der Waals surface area contributed by atoms with Crippen molar-refractivity contribution >= 4 is 20.8 Å². The molecule has 0 saturated heterocycles. The van der Waals surface area contributed by atoms with E-state index in [1.54, 1.807) is 6.20 Å². The van der Waals surface area contributed by atoms with E-state index in [0.717, 1.165) is 18.7 Å². The minimum atomic E-state index is -5.12. The molecule has 1 aromatic heterocycles. The zero-order chi connectivity index (χ0) is 13.5. The normalized spacial score (nSPS) is 11.7. The minimum absolute atomic E-state index is 1.06. The topological polar surface area (TPSA) is 147 Å². The Morgan fingerprint density at radius 2 is 1.82 bits per heavy atom. The SMILES string of the molecule is CCCc1ncc[nH]1.O=S(=O)(O)OS(=O)(=O)O. The number of nitrogens with one attached hydrogen (secondary N) is 1. The van der Waals surface area contributed by atoms with E-state index in [9.17, 15) is 16.8 Å².